The number of hydrogen-bond acceptors (Lipinski definition) is 9. The van der Waals surface area contributed by atoms with Crippen molar-refractivity contribution in [3.63, 3.8) is 0 Å². The van der Waals surface area contributed by atoms with Crippen molar-refractivity contribution in [2.75, 3.05) is 24.6 Å². The highest BCUT2D eigenvalue weighted by molar-refractivity contribution is 7.20. The molecule has 0 fully saturated rings. The molecule has 4 aromatic rings. The van der Waals surface area contributed by atoms with E-state index in [1.54, 1.807) is 24.3 Å². The average molecular weight is 563 g/mol. The maximum Gasteiger partial charge on any atom is 0.372 e. The van der Waals surface area contributed by atoms with Gasteiger partial charge in [-0.3, -0.25) is 0 Å². The Morgan fingerprint density at radius 3 is 2.17 bits per heavy atom. The van der Waals surface area contributed by atoms with E-state index < -0.39 is 17.8 Å². The van der Waals surface area contributed by atoms with Crippen molar-refractivity contribution in [2.24, 2.45) is 10.2 Å². The fourth-order valence-electron chi connectivity index (χ4n) is 3.95. The fraction of sp³-hybridized carbons (Fsp3) is 0.300. The molecule has 0 spiro atoms. The number of benzene rings is 3. The molecule has 0 saturated carbocycles. The number of anilines is 1. The first-order valence-corrected chi connectivity index (χ1v) is 14.1. The molecule has 0 bridgehead atoms. The number of nitrogens with zero attached hydrogens (tertiary/aromatic N) is 4. The van der Waals surface area contributed by atoms with Crippen LogP contribution in [0.2, 0.25) is 0 Å². The molecule has 0 unspecified atom stereocenters. The first-order chi connectivity index (χ1) is 19.4. The summed E-state index contributed by atoms with van der Waals surface area (Å²) in [5.41, 5.74) is 2.54. The Morgan fingerprint density at radius 1 is 0.900 bits per heavy atom. The molecular weight excluding hydrogens is 531 g/mol. The molecule has 0 radical (unpaired) electrons. The van der Waals surface area contributed by atoms with E-state index in [-0.39, 0.29) is 22.7 Å². The van der Waals surface area contributed by atoms with Gasteiger partial charge in [0.25, 0.3) is 0 Å². The number of unbranched alkanes of at least 4 members (excludes halogenated alkanes) is 2. The van der Waals surface area contributed by atoms with Crippen molar-refractivity contribution in [1.29, 1.82) is 0 Å². The van der Waals surface area contributed by atoms with Gasteiger partial charge >= 0.3 is 11.9 Å². The largest absolute Gasteiger partial charge is 0.462 e. The number of aromatic nitrogens is 1. The highest BCUT2D eigenvalue weighted by Gasteiger charge is 2.20. The van der Waals surface area contributed by atoms with Crippen molar-refractivity contribution in [3.05, 3.63) is 77.1 Å². The van der Waals surface area contributed by atoms with E-state index in [1.807, 2.05) is 31.2 Å². The third-order valence-corrected chi connectivity index (χ3v) is 7.16. The Morgan fingerprint density at radius 2 is 1.55 bits per heavy atom. The summed E-state index contributed by atoms with van der Waals surface area (Å²) < 4.78 is 25.6. The van der Waals surface area contributed by atoms with E-state index >= 15 is 0 Å². The predicted octanol–water partition coefficient (Wildman–Crippen LogP) is 8.26. The van der Waals surface area contributed by atoms with Crippen LogP contribution in [0.5, 0.6) is 5.75 Å². The van der Waals surface area contributed by atoms with E-state index in [4.69, 9.17) is 9.47 Å². The zero-order chi connectivity index (χ0) is 28.5. The van der Waals surface area contributed by atoms with Gasteiger partial charge in [-0.15, -0.1) is 11.3 Å². The molecule has 40 heavy (non-hydrogen) atoms. The minimum atomic E-state index is -0.747. The van der Waals surface area contributed by atoms with Crippen LogP contribution in [0.4, 0.5) is 21.5 Å². The molecule has 0 atom stereocenters. The Labute approximate surface area is 236 Å². The lowest BCUT2D eigenvalue weighted by Crippen LogP contribution is -2.21. The number of hydrogen-bond donors (Lipinski definition) is 0. The number of halogens is 1. The van der Waals surface area contributed by atoms with Crippen LogP contribution in [0.15, 0.2) is 70.9 Å². The third-order valence-electron chi connectivity index (χ3n) is 6.16. The minimum absolute atomic E-state index is 0.0415. The van der Waals surface area contributed by atoms with Gasteiger partial charge in [0.15, 0.2) is 0 Å². The van der Waals surface area contributed by atoms with Gasteiger partial charge in [0, 0.05) is 24.8 Å². The molecule has 1 aromatic heterocycles. The summed E-state index contributed by atoms with van der Waals surface area (Å²) >= 11 is 1.01. The number of carbonyl (C=O) groups is 2. The van der Waals surface area contributed by atoms with Gasteiger partial charge in [-0.1, -0.05) is 19.8 Å². The first kappa shape index (κ1) is 28.8. The maximum atomic E-state index is 14.5. The number of rotatable bonds is 12. The smallest absolute Gasteiger partial charge is 0.372 e. The molecule has 1 heterocycles. The second-order valence-corrected chi connectivity index (χ2v) is 9.96. The van der Waals surface area contributed by atoms with Crippen molar-refractivity contribution in [1.82, 2.24) is 4.98 Å². The molecule has 10 heteroatoms. The number of thiazole rings is 1. The van der Waals surface area contributed by atoms with Gasteiger partial charge < -0.3 is 14.4 Å². The Balaban J connectivity index is 1.38. The van der Waals surface area contributed by atoms with Gasteiger partial charge in [0.2, 0.25) is 5.01 Å². The van der Waals surface area contributed by atoms with E-state index in [0.717, 1.165) is 61.1 Å². The summed E-state index contributed by atoms with van der Waals surface area (Å²) in [6.45, 7) is 8.37. The summed E-state index contributed by atoms with van der Waals surface area (Å²) in [6.07, 6.45) is 2.63. The van der Waals surface area contributed by atoms with Gasteiger partial charge in [0.05, 0.1) is 33.8 Å². The van der Waals surface area contributed by atoms with E-state index in [9.17, 15) is 14.0 Å². The zero-order valence-electron chi connectivity index (χ0n) is 22.7. The highest BCUT2D eigenvalue weighted by atomic mass is 32.1. The summed E-state index contributed by atoms with van der Waals surface area (Å²) in [4.78, 5) is 31.4. The SMILES string of the molecule is CCCCCOC(=O)c1cc2sc(C(=O)Oc3ccc(N=Nc4ccc(N(CC)CC)cc4)cc3)nc2cc1F. The van der Waals surface area contributed by atoms with Gasteiger partial charge in [-0.2, -0.15) is 10.2 Å². The number of ether oxygens (including phenoxy) is 2. The molecule has 0 aliphatic heterocycles. The molecule has 4 rings (SSSR count). The summed E-state index contributed by atoms with van der Waals surface area (Å²) in [5, 5.41) is 8.55. The number of fused-ring (bicyclic) bond motifs is 1. The third kappa shape index (κ3) is 7.26. The number of carbonyl (C=O) groups excluding carboxylic acids is 2. The second-order valence-electron chi connectivity index (χ2n) is 8.93. The summed E-state index contributed by atoms with van der Waals surface area (Å²) in [5.74, 6) is -1.87. The van der Waals surface area contributed by atoms with Crippen LogP contribution < -0.4 is 9.64 Å². The highest BCUT2D eigenvalue weighted by Crippen LogP contribution is 2.28. The zero-order valence-corrected chi connectivity index (χ0v) is 23.5. The van der Waals surface area contributed by atoms with Crippen LogP contribution in [-0.2, 0) is 4.74 Å². The van der Waals surface area contributed by atoms with Crippen molar-refractivity contribution in [3.8, 4) is 5.75 Å². The van der Waals surface area contributed by atoms with Crippen LogP contribution in [0.1, 0.15) is 60.2 Å². The van der Waals surface area contributed by atoms with E-state index in [0.29, 0.717) is 16.1 Å². The van der Waals surface area contributed by atoms with Crippen molar-refractivity contribution < 1.29 is 23.5 Å². The molecule has 3 aromatic carbocycles. The topological polar surface area (TPSA) is 93.5 Å². The minimum Gasteiger partial charge on any atom is -0.462 e. The van der Waals surface area contributed by atoms with Crippen LogP contribution in [0.25, 0.3) is 10.2 Å². The van der Waals surface area contributed by atoms with Gasteiger partial charge in [0.1, 0.15) is 11.6 Å². The summed E-state index contributed by atoms with van der Waals surface area (Å²) in [6, 6.07) is 16.9. The van der Waals surface area contributed by atoms with Crippen molar-refractivity contribution in [2.45, 2.75) is 40.0 Å². The Bertz CT molecular complexity index is 1480. The molecule has 0 saturated heterocycles. The number of esters is 2. The van der Waals surface area contributed by atoms with Crippen LogP contribution >= 0.6 is 11.3 Å². The lowest BCUT2D eigenvalue weighted by molar-refractivity contribution is 0.0492. The molecule has 0 aliphatic rings. The van der Waals surface area contributed by atoms with Crippen LogP contribution in [-0.4, -0.2) is 36.6 Å². The monoisotopic (exact) mass is 562 g/mol. The lowest BCUT2D eigenvalue weighted by Gasteiger charge is -2.20. The number of azo groups is 1. The lowest BCUT2D eigenvalue weighted by atomic mass is 10.2. The van der Waals surface area contributed by atoms with Crippen LogP contribution in [0.3, 0.4) is 0 Å². The quantitative estimate of drug-likeness (QED) is 0.0747. The molecule has 0 amide bonds. The van der Waals surface area contributed by atoms with Gasteiger partial charge in [-0.05, 0) is 74.9 Å². The van der Waals surface area contributed by atoms with Crippen molar-refractivity contribution >= 4 is 50.6 Å². The molecule has 208 valence electrons. The maximum absolute atomic E-state index is 14.5. The normalized spacial score (nSPS) is 11.2. The molecule has 0 aliphatic carbocycles. The average Bonchev–Trinajstić information content (AvgIpc) is 3.39. The predicted molar refractivity (Wildman–Crippen MR) is 155 cm³/mol. The Hall–Kier alpha value is -4.18. The van der Waals surface area contributed by atoms with Gasteiger partial charge in [-0.25, -0.2) is 19.0 Å². The molecular formula is C30H31FN4O4S. The Kier molecular flexibility index (Phi) is 9.91. The van der Waals surface area contributed by atoms with E-state index in [1.165, 1.54) is 6.07 Å². The van der Waals surface area contributed by atoms with Crippen LogP contribution in [0, 0.1) is 5.82 Å². The summed E-state index contributed by atoms with van der Waals surface area (Å²) in [7, 11) is 0. The van der Waals surface area contributed by atoms with E-state index in [2.05, 4.69) is 34.0 Å². The standard InChI is InChI=1S/C30H31FN4O4S/c1-4-7-8-17-38-29(36)24-18-27-26(19-25(24)31)32-28(40-27)30(37)39-23-15-11-21(12-16-23)34-33-20-9-13-22(14-10-20)35(5-2)6-3/h9-16,18-19H,4-8,17H2,1-3H3. The second kappa shape index (κ2) is 13.7. The molecule has 8 nitrogen and oxygen atoms in total. The first-order valence-electron chi connectivity index (χ1n) is 13.3. The molecule has 0 N–H and O–H groups in total. The fourth-order valence-corrected chi connectivity index (χ4v) is 4.82.